The van der Waals surface area contributed by atoms with Crippen LogP contribution in [0.4, 0.5) is 0 Å². The highest BCUT2D eigenvalue weighted by molar-refractivity contribution is 6.31. The zero-order chi connectivity index (χ0) is 13.8. The zero-order valence-electron chi connectivity index (χ0n) is 11.1. The molecule has 2 nitrogen and oxygen atoms in total. The maximum Gasteiger partial charge on any atom is 0.126 e. The smallest absolute Gasteiger partial charge is 0.126 e. The van der Waals surface area contributed by atoms with Crippen molar-refractivity contribution in [2.45, 2.75) is 27.1 Å². The van der Waals surface area contributed by atoms with E-state index in [1.165, 1.54) is 16.7 Å². The highest BCUT2D eigenvalue weighted by Crippen LogP contribution is 2.27. The van der Waals surface area contributed by atoms with Gasteiger partial charge in [-0.25, -0.2) is 0 Å². The first-order valence-electron chi connectivity index (χ1n) is 6.19. The molecule has 0 heterocycles. The highest BCUT2D eigenvalue weighted by atomic mass is 35.5. The third kappa shape index (κ3) is 3.09. The minimum Gasteiger partial charge on any atom is -0.488 e. The third-order valence-corrected chi connectivity index (χ3v) is 3.60. The molecule has 0 aliphatic rings. The molecule has 0 amide bonds. The van der Waals surface area contributed by atoms with E-state index in [9.17, 15) is 5.11 Å². The second-order valence-corrected chi connectivity index (χ2v) is 4.94. The van der Waals surface area contributed by atoms with Gasteiger partial charge in [-0.1, -0.05) is 35.9 Å². The summed E-state index contributed by atoms with van der Waals surface area (Å²) in [6.07, 6.45) is 0. The predicted molar refractivity (Wildman–Crippen MR) is 77.6 cm³/mol. The molecular weight excluding hydrogens is 260 g/mol. The van der Waals surface area contributed by atoms with Crippen LogP contribution in [0.15, 0.2) is 36.4 Å². The summed E-state index contributed by atoms with van der Waals surface area (Å²) in [6, 6.07) is 11.6. The number of aliphatic hydroxyl groups is 1. The summed E-state index contributed by atoms with van der Waals surface area (Å²) >= 11 is 6.03. The van der Waals surface area contributed by atoms with Crippen molar-refractivity contribution in [3.63, 3.8) is 0 Å². The second kappa shape index (κ2) is 6.09. The molecule has 1 N–H and O–H groups in total. The standard InChI is InChI=1S/C16H17ClO2/c1-11-5-3-6-12(2)14(11)10-19-16-8-4-7-15(17)13(16)9-18/h3-8,18H,9-10H2,1-2H3. The maximum absolute atomic E-state index is 9.34. The first-order chi connectivity index (χ1) is 9.13. The van der Waals surface area contributed by atoms with Gasteiger partial charge in [-0.15, -0.1) is 0 Å². The summed E-state index contributed by atoms with van der Waals surface area (Å²) in [6.45, 7) is 4.49. The average molecular weight is 277 g/mol. The summed E-state index contributed by atoms with van der Waals surface area (Å²) in [5, 5.41) is 9.87. The Morgan fingerprint density at radius 1 is 1.00 bits per heavy atom. The molecule has 0 radical (unpaired) electrons. The van der Waals surface area contributed by atoms with E-state index in [0.29, 0.717) is 22.9 Å². The predicted octanol–water partition coefficient (Wildman–Crippen LogP) is 4.03. The van der Waals surface area contributed by atoms with E-state index in [1.807, 2.05) is 18.2 Å². The van der Waals surface area contributed by atoms with Crippen LogP contribution in [0.1, 0.15) is 22.3 Å². The molecule has 2 rings (SSSR count). The molecule has 0 fully saturated rings. The Morgan fingerprint density at radius 2 is 1.63 bits per heavy atom. The van der Waals surface area contributed by atoms with Crippen LogP contribution in [-0.2, 0) is 13.2 Å². The summed E-state index contributed by atoms with van der Waals surface area (Å²) in [5.41, 5.74) is 4.21. The Bertz CT molecular complexity index is 559. The van der Waals surface area contributed by atoms with Gasteiger partial charge in [0, 0.05) is 10.6 Å². The van der Waals surface area contributed by atoms with Crippen molar-refractivity contribution in [3.05, 3.63) is 63.7 Å². The zero-order valence-corrected chi connectivity index (χ0v) is 11.9. The van der Waals surface area contributed by atoms with Crippen molar-refractivity contribution in [2.75, 3.05) is 0 Å². The van der Waals surface area contributed by atoms with Gasteiger partial charge in [0.1, 0.15) is 12.4 Å². The molecular formula is C16H17ClO2. The summed E-state index contributed by atoms with van der Waals surface area (Å²) in [4.78, 5) is 0. The van der Waals surface area contributed by atoms with Crippen molar-refractivity contribution in [1.82, 2.24) is 0 Å². The third-order valence-electron chi connectivity index (χ3n) is 3.25. The number of hydrogen-bond donors (Lipinski definition) is 1. The number of ether oxygens (including phenoxy) is 1. The van der Waals surface area contributed by atoms with Crippen molar-refractivity contribution in [3.8, 4) is 5.75 Å². The van der Waals surface area contributed by atoms with E-state index < -0.39 is 0 Å². The van der Waals surface area contributed by atoms with E-state index in [-0.39, 0.29) is 6.61 Å². The Kier molecular flexibility index (Phi) is 4.46. The minimum absolute atomic E-state index is 0.123. The lowest BCUT2D eigenvalue weighted by Gasteiger charge is -2.14. The molecule has 2 aromatic rings. The van der Waals surface area contributed by atoms with Crippen LogP contribution in [0.2, 0.25) is 5.02 Å². The lowest BCUT2D eigenvalue weighted by molar-refractivity contribution is 0.258. The van der Waals surface area contributed by atoms with E-state index in [4.69, 9.17) is 16.3 Å². The number of hydrogen-bond acceptors (Lipinski definition) is 2. The van der Waals surface area contributed by atoms with E-state index in [1.54, 1.807) is 6.07 Å². The van der Waals surface area contributed by atoms with Gasteiger partial charge in [0.2, 0.25) is 0 Å². The molecule has 3 heteroatoms. The van der Waals surface area contributed by atoms with Crippen LogP contribution < -0.4 is 4.74 Å². The number of aliphatic hydroxyl groups excluding tert-OH is 1. The monoisotopic (exact) mass is 276 g/mol. The maximum atomic E-state index is 9.34. The van der Waals surface area contributed by atoms with E-state index in [2.05, 4.69) is 26.0 Å². The fourth-order valence-corrected chi connectivity index (χ4v) is 2.28. The molecule has 0 bridgehead atoms. The molecule has 0 saturated carbocycles. The fourth-order valence-electron chi connectivity index (χ4n) is 2.05. The number of rotatable bonds is 4. The lowest BCUT2D eigenvalue weighted by atomic mass is 10.0. The van der Waals surface area contributed by atoms with Crippen LogP contribution in [-0.4, -0.2) is 5.11 Å². The first kappa shape index (κ1) is 13.9. The topological polar surface area (TPSA) is 29.5 Å². The number of aryl methyl sites for hydroxylation is 2. The summed E-state index contributed by atoms with van der Waals surface area (Å²) < 4.78 is 5.81. The molecule has 0 aliphatic carbocycles. The van der Waals surface area contributed by atoms with Crippen molar-refractivity contribution >= 4 is 11.6 Å². The minimum atomic E-state index is -0.123. The summed E-state index contributed by atoms with van der Waals surface area (Å²) in [5.74, 6) is 0.637. The van der Waals surface area contributed by atoms with Gasteiger partial charge < -0.3 is 9.84 Å². The molecule has 19 heavy (non-hydrogen) atoms. The van der Waals surface area contributed by atoms with Crippen LogP contribution >= 0.6 is 11.6 Å². The Labute approximate surface area is 118 Å². The lowest BCUT2D eigenvalue weighted by Crippen LogP contribution is -2.02. The Hall–Kier alpha value is -1.51. The fraction of sp³-hybridized carbons (Fsp3) is 0.250. The largest absolute Gasteiger partial charge is 0.488 e. The van der Waals surface area contributed by atoms with E-state index >= 15 is 0 Å². The molecule has 0 aromatic heterocycles. The molecule has 0 saturated heterocycles. The van der Waals surface area contributed by atoms with Crippen LogP contribution in [0.25, 0.3) is 0 Å². The average Bonchev–Trinajstić information content (AvgIpc) is 2.38. The SMILES string of the molecule is Cc1cccc(C)c1COc1cccc(Cl)c1CO. The van der Waals surface area contributed by atoms with Crippen LogP contribution in [0.3, 0.4) is 0 Å². The van der Waals surface area contributed by atoms with Crippen LogP contribution in [0, 0.1) is 13.8 Å². The van der Waals surface area contributed by atoms with Gasteiger partial charge in [-0.2, -0.15) is 0 Å². The first-order valence-corrected chi connectivity index (χ1v) is 6.57. The number of benzene rings is 2. The Balaban J connectivity index is 2.22. The van der Waals surface area contributed by atoms with Crippen molar-refractivity contribution in [2.24, 2.45) is 0 Å². The summed E-state index contributed by atoms with van der Waals surface area (Å²) in [7, 11) is 0. The second-order valence-electron chi connectivity index (χ2n) is 4.53. The van der Waals surface area contributed by atoms with Crippen molar-refractivity contribution in [1.29, 1.82) is 0 Å². The quantitative estimate of drug-likeness (QED) is 0.914. The molecule has 0 unspecified atom stereocenters. The van der Waals surface area contributed by atoms with E-state index in [0.717, 1.165) is 0 Å². The van der Waals surface area contributed by atoms with Crippen LogP contribution in [0.5, 0.6) is 5.75 Å². The van der Waals surface area contributed by atoms with Gasteiger partial charge in [0.15, 0.2) is 0 Å². The molecule has 0 aliphatic heterocycles. The van der Waals surface area contributed by atoms with Gasteiger partial charge >= 0.3 is 0 Å². The Morgan fingerprint density at radius 3 is 2.26 bits per heavy atom. The molecule has 100 valence electrons. The van der Waals surface area contributed by atoms with Gasteiger partial charge in [0.25, 0.3) is 0 Å². The highest BCUT2D eigenvalue weighted by Gasteiger charge is 2.09. The van der Waals surface area contributed by atoms with Gasteiger partial charge in [-0.05, 0) is 42.7 Å². The molecule has 0 atom stereocenters. The molecule has 0 spiro atoms. The van der Waals surface area contributed by atoms with Gasteiger partial charge in [0.05, 0.1) is 6.61 Å². The molecule has 2 aromatic carbocycles. The normalized spacial score (nSPS) is 10.5. The van der Waals surface area contributed by atoms with Crippen molar-refractivity contribution < 1.29 is 9.84 Å². The van der Waals surface area contributed by atoms with Gasteiger partial charge in [-0.3, -0.25) is 0 Å². The number of halogens is 1.